The Bertz CT molecular complexity index is 394. The summed E-state index contributed by atoms with van der Waals surface area (Å²) in [6, 6.07) is 0.844. The molecule has 0 saturated carbocycles. The van der Waals surface area contributed by atoms with E-state index in [1.807, 2.05) is 6.92 Å². The Labute approximate surface area is 166 Å². The molecule has 0 aliphatic carbocycles. The van der Waals surface area contributed by atoms with E-state index in [0.717, 1.165) is 25.6 Å². The van der Waals surface area contributed by atoms with Crippen molar-refractivity contribution in [2.45, 2.75) is 52.4 Å². The summed E-state index contributed by atoms with van der Waals surface area (Å²) in [7, 11) is 0. The van der Waals surface area contributed by atoms with Gasteiger partial charge in [0.05, 0.1) is 0 Å². The molecule has 1 fully saturated rings. The van der Waals surface area contributed by atoms with Crippen molar-refractivity contribution in [2.24, 2.45) is 10.9 Å². The van der Waals surface area contributed by atoms with E-state index in [4.69, 9.17) is 0 Å². The van der Waals surface area contributed by atoms with Gasteiger partial charge in [0.2, 0.25) is 0 Å². The summed E-state index contributed by atoms with van der Waals surface area (Å²) < 4.78 is 40.5. The minimum absolute atomic E-state index is 0. The van der Waals surface area contributed by atoms with Crippen molar-refractivity contribution in [3.8, 4) is 0 Å². The lowest BCUT2D eigenvalue weighted by atomic mass is 10.1. The lowest BCUT2D eigenvalue weighted by Crippen LogP contribution is -2.46. The molecule has 0 aromatic heterocycles. The molecule has 2 atom stereocenters. The fraction of sp³-hybridized carbons (Fsp3) is 0.938. The summed E-state index contributed by atoms with van der Waals surface area (Å²) in [5, 5.41) is 6.63. The van der Waals surface area contributed by atoms with Crippen molar-refractivity contribution in [1.29, 1.82) is 0 Å². The maximum Gasteiger partial charge on any atom is 0.411 e. The fourth-order valence-corrected chi connectivity index (χ4v) is 2.65. The van der Waals surface area contributed by atoms with Gasteiger partial charge in [-0.05, 0) is 33.1 Å². The number of hydrogen-bond acceptors (Lipinski definition) is 3. The molecule has 1 aliphatic heterocycles. The molecule has 0 aromatic carbocycles. The number of guanidine groups is 1. The third-order valence-electron chi connectivity index (χ3n) is 4.02. The smallest absolute Gasteiger partial charge is 0.372 e. The largest absolute Gasteiger partial charge is 0.411 e. The van der Waals surface area contributed by atoms with Crippen LogP contribution in [0.25, 0.3) is 0 Å². The highest BCUT2D eigenvalue weighted by Gasteiger charge is 2.31. The van der Waals surface area contributed by atoms with Gasteiger partial charge in [0, 0.05) is 44.9 Å². The number of ether oxygens (including phenoxy) is 1. The van der Waals surface area contributed by atoms with Crippen LogP contribution in [0.1, 0.15) is 34.1 Å². The van der Waals surface area contributed by atoms with Crippen molar-refractivity contribution in [3.63, 3.8) is 0 Å². The monoisotopic (exact) mass is 480 g/mol. The molecule has 150 valence electrons. The quantitative estimate of drug-likeness (QED) is 0.243. The zero-order chi connectivity index (χ0) is 18.2. The highest BCUT2D eigenvalue weighted by Crippen LogP contribution is 2.18. The number of aliphatic imine (C=N–C) groups is 1. The molecule has 1 saturated heterocycles. The van der Waals surface area contributed by atoms with Gasteiger partial charge in [0.15, 0.2) is 5.96 Å². The van der Waals surface area contributed by atoms with Crippen molar-refractivity contribution < 1.29 is 17.9 Å². The second-order valence-electron chi connectivity index (χ2n) is 6.56. The maximum absolute atomic E-state index is 12.0. The summed E-state index contributed by atoms with van der Waals surface area (Å²) in [6.45, 7) is 10.6. The van der Waals surface area contributed by atoms with Crippen LogP contribution < -0.4 is 10.6 Å². The first kappa shape index (κ1) is 24.7. The molecule has 9 heteroatoms. The number of nitrogens with zero attached hydrogens (tertiary/aromatic N) is 2. The topological polar surface area (TPSA) is 48.9 Å². The standard InChI is InChI=1S/C16H31F3N4O.HI/c1-5-20-15(21-7-6-8-24-11-16(17,18)19)22-14-10-23(12(2)3)9-13(14)4;/h12-14H,5-11H2,1-4H3,(H2,20,21,22);1H. The highest BCUT2D eigenvalue weighted by molar-refractivity contribution is 14.0. The Morgan fingerprint density at radius 2 is 2.00 bits per heavy atom. The van der Waals surface area contributed by atoms with Crippen molar-refractivity contribution in [3.05, 3.63) is 0 Å². The van der Waals surface area contributed by atoms with E-state index in [1.165, 1.54) is 0 Å². The normalized spacial score (nSPS) is 22.2. The van der Waals surface area contributed by atoms with Gasteiger partial charge in [-0.2, -0.15) is 13.2 Å². The second-order valence-corrected chi connectivity index (χ2v) is 6.56. The highest BCUT2D eigenvalue weighted by atomic mass is 127. The lowest BCUT2D eigenvalue weighted by molar-refractivity contribution is -0.173. The average molecular weight is 480 g/mol. The molecule has 0 aromatic rings. The molecule has 0 bridgehead atoms. The summed E-state index contributed by atoms with van der Waals surface area (Å²) in [6.07, 6.45) is -3.80. The molecule has 2 N–H and O–H groups in total. The Balaban J connectivity index is 0.00000576. The summed E-state index contributed by atoms with van der Waals surface area (Å²) >= 11 is 0. The summed E-state index contributed by atoms with van der Waals surface area (Å²) in [5.41, 5.74) is 0. The van der Waals surface area contributed by atoms with Crippen molar-refractivity contribution in [1.82, 2.24) is 15.5 Å². The van der Waals surface area contributed by atoms with Crippen LogP contribution in [0.4, 0.5) is 13.2 Å². The minimum Gasteiger partial charge on any atom is -0.372 e. The Morgan fingerprint density at radius 3 is 2.52 bits per heavy atom. The van der Waals surface area contributed by atoms with Gasteiger partial charge in [0.25, 0.3) is 0 Å². The number of alkyl halides is 3. The van der Waals surface area contributed by atoms with E-state index in [1.54, 1.807) is 0 Å². The van der Waals surface area contributed by atoms with Crippen LogP contribution in [0.5, 0.6) is 0 Å². The maximum atomic E-state index is 12.0. The van der Waals surface area contributed by atoms with E-state index in [2.05, 4.69) is 46.0 Å². The third-order valence-corrected chi connectivity index (χ3v) is 4.02. The van der Waals surface area contributed by atoms with Gasteiger partial charge in [0.1, 0.15) is 6.61 Å². The predicted molar refractivity (Wildman–Crippen MR) is 106 cm³/mol. The van der Waals surface area contributed by atoms with Crippen molar-refractivity contribution in [2.75, 3.05) is 39.4 Å². The number of halogens is 4. The molecule has 1 heterocycles. The number of nitrogens with one attached hydrogen (secondary N) is 2. The van der Waals surface area contributed by atoms with Crippen LogP contribution in [0, 0.1) is 5.92 Å². The van der Waals surface area contributed by atoms with E-state index in [9.17, 15) is 13.2 Å². The molecule has 2 unspecified atom stereocenters. The van der Waals surface area contributed by atoms with Crippen LogP contribution >= 0.6 is 24.0 Å². The Hall–Kier alpha value is -0.290. The summed E-state index contributed by atoms with van der Waals surface area (Å²) in [4.78, 5) is 6.86. The molecule has 0 spiro atoms. The van der Waals surface area contributed by atoms with Crippen LogP contribution in [0.3, 0.4) is 0 Å². The average Bonchev–Trinajstić information content (AvgIpc) is 2.83. The Morgan fingerprint density at radius 1 is 1.32 bits per heavy atom. The molecule has 5 nitrogen and oxygen atoms in total. The zero-order valence-electron chi connectivity index (χ0n) is 15.5. The fourth-order valence-electron chi connectivity index (χ4n) is 2.65. The molecular formula is C16H32F3IN4O. The van der Waals surface area contributed by atoms with E-state index >= 15 is 0 Å². The van der Waals surface area contributed by atoms with Gasteiger partial charge in [-0.15, -0.1) is 24.0 Å². The zero-order valence-corrected chi connectivity index (χ0v) is 17.9. The van der Waals surface area contributed by atoms with Gasteiger partial charge in [-0.25, -0.2) is 0 Å². The first-order chi connectivity index (χ1) is 11.2. The van der Waals surface area contributed by atoms with Crippen LogP contribution in [0.2, 0.25) is 0 Å². The van der Waals surface area contributed by atoms with E-state index in [-0.39, 0.29) is 30.6 Å². The molecule has 0 radical (unpaired) electrons. The lowest BCUT2D eigenvalue weighted by Gasteiger charge is -2.22. The number of hydrogen-bond donors (Lipinski definition) is 2. The molecular weight excluding hydrogens is 448 g/mol. The second kappa shape index (κ2) is 12.2. The van der Waals surface area contributed by atoms with Crippen molar-refractivity contribution >= 4 is 29.9 Å². The first-order valence-electron chi connectivity index (χ1n) is 8.66. The van der Waals surface area contributed by atoms with Crippen LogP contribution in [-0.2, 0) is 4.74 Å². The van der Waals surface area contributed by atoms with Crippen LogP contribution in [-0.4, -0.2) is 68.5 Å². The van der Waals surface area contributed by atoms with E-state index < -0.39 is 12.8 Å². The minimum atomic E-state index is -4.26. The number of likely N-dealkylation sites (tertiary alicyclic amines) is 1. The first-order valence-corrected chi connectivity index (χ1v) is 8.66. The third kappa shape index (κ3) is 10.4. The predicted octanol–water partition coefficient (Wildman–Crippen LogP) is 2.86. The molecule has 1 rings (SSSR count). The van der Waals surface area contributed by atoms with Crippen LogP contribution in [0.15, 0.2) is 4.99 Å². The molecule has 1 aliphatic rings. The molecule has 25 heavy (non-hydrogen) atoms. The van der Waals surface area contributed by atoms with Gasteiger partial charge in [-0.3, -0.25) is 9.89 Å². The summed E-state index contributed by atoms with van der Waals surface area (Å²) in [5.74, 6) is 1.24. The van der Waals surface area contributed by atoms with Gasteiger partial charge in [-0.1, -0.05) is 6.92 Å². The SMILES string of the molecule is CCNC(=NCCCOCC(F)(F)F)NC1CN(C(C)C)CC1C.I. The Kier molecular flexibility index (Phi) is 12.0. The molecule has 0 amide bonds. The number of rotatable bonds is 8. The van der Waals surface area contributed by atoms with Gasteiger partial charge >= 0.3 is 6.18 Å². The van der Waals surface area contributed by atoms with Gasteiger partial charge < -0.3 is 15.4 Å². The van der Waals surface area contributed by atoms with E-state index in [0.29, 0.717) is 31.0 Å².